The van der Waals surface area contributed by atoms with Gasteiger partial charge in [-0.15, -0.1) is 0 Å². The van der Waals surface area contributed by atoms with Crippen molar-refractivity contribution in [3.05, 3.63) is 60.3 Å². The first-order chi connectivity index (χ1) is 9.86. The molecule has 0 saturated heterocycles. The highest BCUT2D eigenvalue weighted by Crippen LogP contribution is 2.20. The van der Waals surface area contributed by atoms with Gasteiger partial charge in [0, 0.05) is 21.4 Å². The number of amides is 1. The molecule has 3 N–H and O–H groups in total. The number of anilines is 1. The lowest BCUT2D eigenvalue weighted by atomic mass is 10.1. The van der Waals surface area contributed by atoms with Crippen molar-refractivity contribution in [2.75, 3.05) is 5.32 Å². The zero-order valence-corrected chi connectivity index (χ0v) is 13.1. The summed E-state index contributed by atoms with van der Waals surface area (Å²) in [7, 11) is 0. The molecular weight excluding hydrogens is 338 g/mol. The second-order valence-electron chi connectivity index (χ2n) is 4.70. The van der Waals surface area contributed by atoms with Gasteiger partial charge in [0.25, 0.3) is 5.56 Å². The fourth-order valence-electron chi connectivity index (χ4n) is 1.93. The Labute approximate surface area is 128 Å². The lowest BCUT2D eigenvalue weighted by molar-refractivity contribution is -0.115. The summed E-state index contributed by atoms with van der Waals surface area (Å²) in [6, 6.07) is 5.42. The second kappa shape index (κ2) is 6.09. The molecule has 2 aromatic rings. The predicted molar refractivity (Wildman–Crippen MR) is 83.6 cm³/mol. The van der Waals surface area contributed by atoms with E-state index in [9.17, 15) is 14.4 Å². The van der Waals surface area contributed by atoms with Crippen molar-refractivity contribution in [2.24, 2.45) is 0 Å². The molecule has 0 aliphatic heterocycles. The summed E-state index contributed by atoms with van der Waals surface area (Å²) in [5.41, 5.74) is 1.17. The van der Waals surface area contributed by atoms with Crippen LogP contribution >= 0.6 is 15.9 Å². The molecule has 6 nitrogen and oxygen atoms in total. The smallest absolute Gasteiger partial charge is 0.325 e. The number of aryl methyl sites for hydroxylation is 2. The van der Waals surface area contributed by atoms with E-state index in [0.717, 1.165) is 10.0 Å². The topological polar surface area (TPSA) is 94.8 Å². The molecule has 0 radical (unpaired) electrons. The molecular formula is C14H14BrN3O3. The summed E-state index contributed by atoms with van der Waals surface area (Å²) in [5.74, 6) is -0.322. The fourth-order valence-corrected chi connectivity index (χ4v) is 2.17. The van der Waals surface area contributed by atoms with Gasteiger partial charge in [0.1, 0.15) is 0 Å². The number of hydrogen-bond acceptors (Lipinski definition) is 3. The molecule has 1 aromatic carbocycles. The van der Waals surface area contributed by atoms with Crippen molar-refractivity contribution in [3.8, 4) is 0 Å². The Balaban J connectivity index is 2.17. The van der Waals surface area contributed by atoms with Gasteiger partial charge in [-0.05, 0) is 37.6 Å². The maximum atomic E-state index is 12.0. The zero-order valence-electron chi connectivity index (χ0n) is 11.5. The van der Waals surface area contributed by atoms with Crippen LogP contribution in [0.25, 0.3) is 0 Å². The number of nitrogens with one attached hydrogen (secondary N) is 3. The van der Waals surface area contributed by atoms with Crippen LogP contribution in [0, 0.1) is 13.8 Å². The third-order valence-corrected chi connectivity index (χ3v) is 3.92. The molecule has 1 amide bonds. The van der Waals surface area contributed by atoms with E-state index in [1.54, 1.807) is 13.0 Å². The Hall–Kier alpha value is -2.15. The number of hydrogen-bond donors (Lipinski definition) is 3. The lowest BCUT2D eigenvalue weighted by Gasteiger charge is -2.08. The first-order valence-electron chi connectivity index (χ1n) is 6.25. The number of aromatic nitrogens is 2. The Kier molecular flexibility index (Phi) is 4.42. The van der Waals surface area contributed by atoms with E-state index in [0.29, 0.717) is 11.4 Å². The summed E-state index contributed by atoms with van der Waals surface area (Å²) >= 11 is 3.38. The number of halogens is 1. The number of carbonyl (C=O) groups excluding carboxylic acids is 1. The molecule has 21 heavy (non-hydrogen) atoms. The van der Waals surface area contributed by atoms with Gasteiger partial charge in [-0.3, -0.25) is 14.6 Å². The zero-order chi connectivity index (χ0) is 15.6. The average Bonchev–Trinajstić information content (AvgIpc) is 2.38. The SMILES string of the molecule is Cc1cc(NC(=O)Cc2c(C)[nH]c(=O)[nH]c2=O)ccc1Br. The van der Waals surface area contributed by atoms with E-state index in [2.05, 4.69) is 31.2 Å². The molecule has 110 valence electrons. The van der Waals surface area contributed by atoms with Crippen LogP contribution in [0.15, 0.2) is 32.3 Å². The third kappa shape index (κ3) is 3.69. The van der Waals surface area contributed by atoms with Crippen LogP contribution in [0.1, 0.15) is 16.8 Å². The van der Waals surface area contributed by atoms with Crippen LogP contribution in [0.3, 0.4) is 0 Å². The van der Waals surface area contributed by atoms with Crippen molar-refractivity contribution < 1.29 is 4.79 Å². The van der Waals surface area contributed by atoms with Crippen molar-refractivity contribution >= 4 is 27.5 Å². The maximum absolute atomic E-state index is 12.0. The van der Waals surface area contributed by atoms with E-state index in [1.165, 1.54) is 0 Å². The van der Waals surface area contributed by atoms with Crippen LogP contribution in [0.5, 0.6) is 0 Å². The summed E-state index contributed by atoms with van der Waals surface area (Å²) in [4.78, 5) is 39.4. The first-order valence-corrected chi connectivity index (χ1v) is 7.04. The molecule has 0 aliphatic rings. The Morgan fingerprint density at radius 3 is 2.57 bits per heavy atom. The molecule has 0 aliphatic carbocycles. The van der Waals surface area contributed by atoms with E-state index in [4.69, 9.17) is 0 Å². The standard InChI is InChI=1S/C14H14BrN3O3/c1-7-5-9(3-4-11(7)15)17-12(19)6-10-8(2)16-14(21)18-13(10)20/h3-5H,6H2,1-2H3,(H,17,19)(H2,16,18,20,21). The monoisotopic (exact) mass is 351 g/mol. The van der Waals surface area contributed by atoms with Crippen molar-refractivity contribution in [2.45, 2.75) is 20.3 Å². The summed E-state index contributed by atoms with van der Waals surface area (Å²) in [6.45, 7) is 3.50. The number of carbonyl (C=O) groups is 1. The molecule has 2 rings (SSSR count). The molecule has 1 aromatic heterocycles. The predicted octanol–water partition coefficient (Wildman–Crippen LogP) is 1.62. The van der Waals surface area contributed by atoms with Gasteiger partial charge in [0.2, 0.25) is 5.91 Å². The Morgan fingerprint density at radius 2 is 1.95 bits per heavy atom. The van der Waals surface area contributed by atoms with E-state index >= 15 is 0 Å². The fraction of sp³-hybridized carbons (Fsp3) is 0.214. The Bertz CT molecular complexity index is 808. The normalized spacial score (nSPS) is 10.4. The van der Waals surface area contributed by atoms with Gasteiger partial charge < -0.3 is 10.3 Å². The molecule has 0 fully saturated rings. The van der Waals surface area contributed by atoms with Gasteiger partial charge >= 0.3 is 5.69 Å². The highest BCUT2D eigenvalue weighted by atomic mass is 79.9. The van der Waals surface area contributed by atoms with Gasteiger partial charge in [0.05, 0.1) is 6.42 Å². The van der Waals surface area contributed by atoms with Gasteiger partial charge in [-0.25, -0.2) is 4.79 Å². The second-order valence-corrected chi connectivity index (χ2v) is 5.56. The Morgan fingerprint density at radius 1 is 1.24 bits per heavy atom. The molecule has 0 saturated carbocycles. The van der Waals surface area contributed by atoms with Crippen LogP contribution < -0.4 is 16.6 Å². The molecule has 1 heterocycles. The number of H-pyrrole nitrogens is 2. The van der Waals surface area contributed by atoms with Crippen LogP contribution in [0.4, 0.5) is 5.69 Å². The quantitative estimate of drug-likeness (QED) is 0.784. The van der Waals surface area contributed by atoms with E-state index in [1.807, 2.05) is 19.1 Å². The van der Waals surface area contributed by atoms with E-state index in [-0.39, 0.29) is 17.9 Å². The minimum atomic E-state index is -0.579. The summed E-state index contributed by atoms with van der Waals surface area (Å²) < 4.78 is 0.952. The molecule has 7 heteroatoms. The number of benzene rings is 1. The minimum absolute atomic E-state index is 0.104. The largest absolute Gasteiger partial charge is 0.326 e. The van der Waals surface area contributed by atoms with Crippen molar-refractivity contribution in [1.29, 1.82) is 0 Å². The molecule has 0 bridgehead atoms. The molecule has 0 atom stereocenters. The van der Waals surface area contributed by atoms with Crippen LogP contribution in [-0.4, -0.2) is 15.9 Å². The number of rotatable bonds is 3. The molecule has 0 spiro atoms. The van der Waals surface area contributed by atoms with Crippen LogP contribution in [0.2, 0.25) is 0 Å². The number of aromatic amines is 2. The van der Waals surface area contributed by atoms with Crippen molar-refractivity contribution in [3.63, 3.8) is 0 Å². The van der Waals surface area contributed by atoms with Crippen LogP contribution in [-0.2, 0) is 11.2 Å². The summed E-state index contributed by atoms with van der Waals surface area (Å²) in [6.07, 6.45) is -0.104. The highest BCUT2D eigenvalue weighted by molar-refractivity contribution is 9.10. The van der Waals surface area contributed by atoms with E-state index < -0.39 is 11.2 Å². The first kappa shape index (κ1) is 15.2. The van der Waals surface area contributed by atoms with Gasteiger partial charge in [-0.1, -0.05) is 15.9 Å². The molecule has 0 unspecified atom stereocenters. The average molecular weight is 352 g/mol. The van der Waals surface area contributed by atoms with Gasteiger partial charge in [-0.2, -0.15) is 0 Å². The highest BCUT2D eigenvalue weighted by Gasteiger charge is 2.11. The van der Waals surface area contributed by atoms with Gasteiger partial charge in [0.15, 0.2) is 0 Å². The summed E-state index contributed by atoms with van der Waals surface area (Å²) in [5, 5.41) is 2.72. The van der Waals surface area contributed by atoms with Crippen molar-refractivity contribution in [1.82, 2.24) is 9.97 Å². The lowest BCUT2D eigenvalue weighted by Crippen LogP contribution is -2.29. The minimum Gasteiger partial charge on any atom is -0.326 e. The third-order valence-electron chi connectivity index (χ3n) is 3.03. The maximum Gasteiger partial charge on any atom is 0.325 e.